The van der Waals surface area contributed by atoms with Gasteiger partial charge in [-0.25, -0.2) is 4.79 Å². The second kappa shape index (κ2) is 12.6. The van der Waals surface area contributed by atoms with Crippen molar-refractivity contribution in [2.45, 2.75) is 59.0 Å². The van der Waals surface area contributed by atoms with Crippen LogP contribution in [0.15, 0.2) is 55.1 Å². The Bertz CT molecular complexity index is 1040. The van der Waals surface area contributed by atoms with Gasteiger partial charge in [0.05, 0.1) is 24.0 Å². The molecule has 0 spiro atoms. The van der Waals surface area contributed by atoms with E-state index in [-0.39, 0.29) is 22.8 Å². The van der Waals surface area contributed by atoms with Gasteiger partial charge in [-0.3, -0.25) is 0 Å². The summed E-state index contributed by atoms with van der Waals surface area (Å²) in [5.41, 5.74) is 2.17. The number of carbonyl (C=O) groups is 1. The Hall–Kier alpha value is -2.50. The minimum atomic E-state index is -0.951. The topological polar surface area (TPSA) is 70.0 Å². The van der Waals surface area contributed by atoms with Gasteiger partial charge in [0.15, 0.2) is 0 Å². The fourth-order valence-electron chi connectivity index (χ4n) is 5.03. The zero-order valence-electron chi connectivity index (χ0n) is 21.8. The first-order valence-electron chi connectivity index (χ1n) is 12.9. The molecule has 2 N–H and O–H groups in total. The maximum Gasteiger partial charge on any atom is 0.335 e. The van der Waals surface area contributed by atoms with Gasteiger partial charge >= 0.3 is 5.97 Å². The Labute approximate surface area is 220 Å². The van der Waals surface area contributed by atoms with Crippen molar-refractivity contribution in [1.82, 2.24) is 0 Å². The van der Waals surface area contributed by atoms with Crippen molar-refractivity contribution in [3.63, 3.8) is 0 Å². The van der Waals surface area contributed by atoms with E-state index in [4.69, 9.17) is 16.3 Å². The van der Waals surface area contributed by atoms with E-state index >= 15 is 0 Å². The van der Waals surface area contributed by atoms with E-state index in [1.807, 2.05) is 24.3 Å². The molecular weight excluding hydrogens is 474 g/mol. The van der Waals surface area contributed by atoms with Gasteiger partial charge in [-0.2, -0.15) is 0 Å². The molecule has 0 aliphatic carbocycles. The number of fused-ring (bicyclic) bond motifs is 1. The average molecular weight is 514 g/mol. The summed E-state index contributed by atoms with van der Waals surface area (Å²) >= 11 is 6.16. The summed E-state index contributed by atoms with van der Waals surface area (Å²) in [4.78, 5) is 14.0. The Morgan fingerprint density at radius 3 is 2.75 bits per heavy atom. The lowest BCUT2D eigenvalue weighted by atomic mass is 9.83. The molecule has 36 heavy (non-hydrogen) atoms. The number of carboxylic acids is 1. The number of nitrogens with zero attached hydrogens (tertiary/aromatic N) is 1. The van der Waals surface area contributed by atoms with E-state index in [2.05, 4.69) is 38.3 Å². The van der Waals surface area contributed by atoms with Crippen LogP contribution in [-0.2, 0) is 6.42 Å². The number of halogens is 1. The first-order chi connectivity index (χ1) is 17.1. The van der Waals surface area contributed by atoms with Gasteiger partial charge in [0, 0.05) is 23.5 Å². The monoisotopic (exact) mass is 513 g/mol. The van der Waals surface area contributed by atoms with Crippen LogP contribution in [-0.4, -0.2) is 42.0 Å². The van der Waals surface area contributed by atoms with Crippen molar-refractivity contribution in [2.75, 3.05) is 24.6 Å². The van der Waals surface area contributed by atoms with Crippen molar-refractivity contribution in [2.24, 2.45) is 17.3 Å². The van der Waals surface area contributed by atoms with Gasteiger partial charge in [0.1, 0.15) is 5.75 Å². The van der Waals surface area contributed by atoms with Crippen LogP contribution in [0.5, 0.6) is 5.75 Å². The van der Waals surface area contributed by atoms with Crippen LogP contribution >= 0.6 is 11.6 Å². The van der Waals surface area contributed by atoms with Gasteiger partial charge in [0.25, 0.3) is 0 Å². The number of ether oxygens (including phenoxy) is 1. The third-order valence-electron chi connectivity index (χ3n) is 7.51. The van der Waals surface area contributed by atoms with Crippen LogP contribution in [0.2, 0.25) is 5.02 Å². The molecule has 0 saturated carbocycles. The third kappa shape index (κ3) is 7.50. The molecule has 1 aliphatic rings. The van der Waals surface area contributed by atoms with Gasteiger partial charge in [-0.05, 0) is 79.8 Å². The van der Waals surface area contributed by atoms with E-state index in [1.165, 1.54) is 5.56 Å². The first kappa shape index (κ1) is 28.1. The number of aromatic carboxylic acids is 1. The molecule has 6 heteroatoms. The fourth-order valence-corrected chi connectivity index (χ4v) is 5.25. The molecule has 1 aliphatic heterocycles. The number of aliphatic hydroxyl groups is 1. The molecule has 0 aromatic heterocycles. The summed E-state index contributed by atoms with van der Waals surface area (Å²) in [5.74, 6) is 0.0486. The molecule has 1 heterocycles. The van der Waals surface area contributed by atoms with Gasteiger partial charge in [-0.1, -0.05) is 50.6 Å². The molecule has 5 nitrogen and oxygen atoms in total. The predicted molar refractivity (Wildman–Crippen MR) is 147 cm³/mol. The van der Waals surface area contributed by atoms with Crippen LogP contribution in [0, 0.1) is 17.3 Å². The zero-order valence-corrected chi connectivity index (χ0v) is 22.5. The Morgan fingerprint density at radius 2 is 2.06 bits per heavy atom. The largest absolute Gasteiger partial charge is 0.491 e. The van der Waals surface area contributed by atoms with Crippen LogP contribution < -0.4 is 9.64 Å². The van der Waals surface area contributed by atoms with E-state index in [0.29, 0.717) is 25.3 Å². The van der Waals surface area contributed by atoms with Gasteiger partial charge < -0.3 is 19.8 Å². The van der Waals surface area contributed by atoms with E-state index in [9.17, 15) is 15.0 Å². The minimum Gasteiger partial charge on any atom is -0.491 e. The Balaban J connectivity index is 1.79. The highest BCUT2D eigenvalue weighted by Gasteiger charge is 2.34. The number of aryl methyl sites for hydroxylation is 1. The van der Waals surface area contributed by atoms with Crippen LogP contribution in [0.4, 0.5) is 5.69 Å². The number of anilines is 1. The standard InChI is InChI=1S/C30H40ClNO4/c1-5-6-12-27(33)22(3)21(2)18-32-19-30(4,15-8-10-23-9-7-11-25(31)16-23)20-36-28-14-13-24(29(34)35)17-26(28)32/h5,7,9,11,13-14,16-17,21-22,27,33H,1,6,8,10,12,15,18-20H2,2-4H3,(H,34,35). The van der Waals surface area contributed by atoms with Gasteiger partial charge in [0.2, 0.25) is 0 Å². The van der Waals surface area contributed by atoms with Crippen molar-refractivity contribution >= 4 is 23.3 Å². The summed E-state index contributed by atoms with van der Waals surface area (Å²) in [6.07, 6.45) is 5.80. The van der Waals surface area contributed by atoms with Crippen molar-refractivity contribution in [1.29, 1.82) is 0 Å². The van der Waals surface area contributed by atoms with E-state index in [0.717, 1.165) is 42.9 Å². The maximum absolute atomic E-state index is 11.7. The van der Waals surface area contributed by atoms with Crippen molar-refractivity contribution in [3.05, 3.63) is 71.3 Å². The highest BCUT2D eigenvalue weighted by Crippen LogP contribution is 2.39. The quantitative estimate of drug-likeness (QED) is 0.303. The zero-order chi connectivity index (χ0) is 26.3. The highest BCUT2D eigenvalue weighted by atomic mass is 35.5. The Kier molecular flexibility index (Phi) is 9.86. The molecule has 4 atom stereocenters. The maximum atomic E-state index is 11.7. The molecule has 4 unspecified atom stereocenters. The summed E-state index contributed by atoms with van der Waals surface area (Å²) < 4.78 is 6.28. The van der Waals surface area contributed by atoms with Crippen molar-refractivity contribution < 1.29 is 19.7 Å². The second-order valence-electron chi connectivity index (χ2n) is 10.7. The van der Waals surface area contributed by atoms with E-state index in [1.54, 1.807) is 18.2 Å². The number of hydrogen-bond donors (Lipinski definition) is 2. The molecule has 2 aromatic rings. The van der Waals surface area contributed by atoms with Crippen LogP contribution in [0.25, 0.3) is 0 Å². The number of allylic oxidation sites excluding steroid dienone is 1. The molecule has 0 saturated heterocycles. The number of benzene rings is 2. The average Bonchev–Trinajstić information content (AvgIpc) is 2.98. The third-order valence-corrected chi connectivity index (χ3v) is 7.74. The smallest absolute Gasteiger partial charge is 0.335 e. The summed E-state index contributed by atoms with van der Waals surface area (Å²) in [6.45, 7) is 12.3. The molecule has 3 rings (SSSR count). The molecule has 196 valence electrons. The SMILES string of the molecule is C=CCCC(O)C(C)C(C)CN1CC(C)(CCCc2cccc(Cl)c2)COc2ccc(C(=O)O)cc21. The van der Waals surface area contributed by atoms with Crippen LogP contribution in [0.1, 0.15) is 62.4 Å². The lowest BCUT2D eigenvalue weighted by Crippen LogP contribution is -2.41. The number of aliphatic hydroxyl groups excluding tert-OH is 1. The highest BCUT2D eigenvalue weighted by molar-refractivity contribution is 6.30. The van der Waals surface area contributed by atoms with Gasteiger partial charge in [-0.15, -0.1) is 6.58 Å². The number of rotatable bonds is 12. The molecule has 0 bridgehead atoms. The first-order valence-corrected chi connectivity index (χ1v) is 13.3. The Morgan fingerprint density at radius 1 is 1.28 bits per heavy atom. The lowest BCUT2D eigenvalue weighted by molar-refractivity contribution is 0.0696. The normalized spacial score (nSPS) is 20.0. The fraction of sp³-hybridized carbons (Fsp3) is 0.500. The second-order valence-corrected chi connectivity index (χ2v) is 11.2. The molecule has 0 fully saturated rings. The lowest BCUT2D eigenvalue weighted by Gasteiger charge is -2.36. The molecule has 0 amide bonds. The number of hydrogen-bond acceptors (Lipinski definition) is 4. The molecule has 2 aromatic carbocycles. The predicted octanol–water partition coefficient (Wildman–Crippen LogP) is 6.87. The summed E-state index contributed by atoms with van der Waals surface area (Å²) in [5, 5.41) is 21.0. The van der Waals surface area contributed by atoms with Crippen molar-refractivity contribution in [3.8, 4) is 5.75 Å². The minimum absolute atomic E-state index is 0.0920. The van der Waals surface area contributed by atoms with Crippen LogP contribution in [0.3, 0.4) is 0 Å². The molecular formula is C30H40ClNO4. The summed E-state index contributed by atoms with van der Waals surface area (Å²) in [7, 11) is 0. The number of carboxylic acid groups (broad SMARTS) is 1. The van der Waals surface area contributed by atoms with E-state index < -0.39 is 12.1 Å². The molecule has 0 radical (unpaired) electrons. The summed E-state index contributed by atoms with van der Waals surface area (Å²) in [6, 6.07) is 13.1.